The lowest BCUT2D eigenvalue weighted by molar-refractivity contribution is -0.375. The molecule has 0 aromatic carbocycles. The van der Waals surface area contributed by atoms with Crippen LogP contribution in [-0.2, 0) is 37.9 Å². The third-order valence-electron chi connectivity index (χ3n) is 17.7. The molecule has 1 spiro atoms. The summed E-state index contributed by atoms with van der Waals surface area (Å²) in [4.78, 5) is 0. The van der Waals surface area contributed by atoms with Crippen molar-refractivity contribution in [2.24, 2.45) is 46.3 Å². The van der Waals surface area contributed by atoms with Gasteiger partial charge in [0, 0.05) is 5.92 Å². The third-order valence-corrected chi connectivity index (χ3v) is 17.7. The Morgan fingerprint density at radius 1 is 0.714 bits per heavy atom. The van der Waals surface area contributed by atoms with Gasteiger partial charge >= 0.3 is 0 Å². The van der Waals surface area contributed by atoms with Gasteiger partial charge in [-0.15, -0.1) is 0 Å². The zero-order chi connectivity index (χ0) is 45.1. The van der Waals surface area contributed by atoms with Crippen LogP contribution < -0.4 is 0 Å². The van der Waals surface area contributed by atoms with E-state index in [4.69, 9.17) is 37.9 Å². The van der Waals surface area contributed by atoms with Crippen LogP contribution in [0.3, 0.4) is 0 Å². The van der Waals surface area contributed by atoms with Crippen LogP contribution >= 0.6 is 0 Å². The molecule has 3 saturated carbocycles. The highest BCUT2D eigenvalue weighted by Crippen LogP contribution is 2.70. The Bertz CT molecular complexity index is 1650. The molecule has 0 aromatic rings. The number of ether oxygens (including phenoxy) is 8. The molecule has 18 heteroatoms. The average Bonchev–Trinajstić information content (AvgIpc) is 3.71. The number of hydrogen-bond donors (Lipinski definition) is 10. The van der Waals surface area contributed by atoms with Crippen LogP contribution in [-0.4, -0.2) is 187 Å². The molecular formula is C45H72O18. The summed E-state index contributed by atoms with van der Waals surface area (Å²) in [5.74, 6) is 1.14. The average molecular weight is 901 g/mol. The molecule has 0 radical (unpaired) electrons. The molecule has 0 bridgehead atoms. The molecule has 9 rings (SSSR count). The molecule has 27 atom stereocenters. The van der Waals surface area contributed by atoms with Gasteiger partial charge in [0.2, 0.25) is 0 Å². The summed E-state index contributed by atoms with van der Waals surface area (Å²) >= 11 is 0. The van der Waals surface area contributed by atoms with E-state index in [0.29, 0.717) is 55.5 Å². The van der Waals surface area contributed by atoms with Crippen molar-refractivity contribution in [2.45, 2.75) is 202 Å². The fourth-order valence-corrected chi connectivity index (χ4v) is 14.1. The lowest BCUT2D eigenvalue weighted by Crippen LogP contribution is -2.65. The predicted octanol–water partition coefficient (Wildman–Crippen LogP) is -0.815. The van der Waals surface area contributed by atoms with Crippen molar-refractivity contribution >= 4 is 0 Å². The van der Waals surface area contributed by atoms with Crippen LogP contribution in [0.15, 0.2) is 11.6 Å². The highest BCUT2D eigenvalue weighted by atomic mass is 16.8. The van der Waals surface area contributed by atoms with E-state index in [1.807, 2.05) is 0 Å². The molecule has 8 fully saturated rings. The Labute approximate surface area is 368 Å². The van der Waals surface area contributed by atoms with E-state index in [-0.39, 0.29) is 22.9 Å². The van der Waals surface area contributed by atoms with Crippen molar-refractivity contribution in [1.82, 2.24) is 0 Å². The van der Waals surface area contributed by atoms with Gasteiger partial charge in [0.25, 0.3) is 0 Å². The topological polar surface area (TPSA) is 276 Å². The SMILES string of the molecule is C[C@H]1CO[C@@]2(O[C@H]3C[C@H]4[C@@H]5CC=C6C[C@@H](O[C@@H]7O[C@H](CO[C@@H]8O[C@H](CO)[C@@H](O)[C@H](O)[C@H]8O)[C@@H](O)[C@H](O)[C@H]7O[C@@H]7O[C@@H](C)[C@H](O)[C@@H](O)[C@H]7O)CC[C@]6(C)[C@H]5CC[C@]4(C)[C@H]3[C@@H]2C)[C@@H](O)C1. The summed E-state index contributed by atoms with van der Waals surface area (Å²) in [5, 5.41) is 107. The Morgan fingerprint density at radius 3 is 2.14 bits per heavy atom. The van der Waals surface area contributed by atoms with Crippen LogP contribution in [0.4, 0.5) is 0 Å². The van der Waals surface area contributed by atoms with Crippen LogP contribution in [0.1, 0.15) is 86.0 Å². The zero-order valence-electron chi connectivity index (χ0n) is 37.0. The second-order valence-electron chi connectivity index (χ2n) is 21.2. The van der Waals surface area contributed by atoms with Gasteiger partial charge in [-0.05, 0) is 98.7 Å². The van der Waals surface area contributed by atoms with Crippen molar-refractivity contribution in [1.29, 1.82) is 0 Å². The van der Waals surface area contributed by atoms with Gasteiger partial charge in [-0.25, -0.2) is 0 Å². The molecule has 18 nitrogen and oxygen atoms in total. The maximum absolute atomic E-state index is 11.6. The van der Waals surface area contributed by atoms with E-state index in [2.05, 4.69) is 33.8 Å². The van der Waals surface area contributed by atoms with Gasteiger partial charge in [0.05, 0.1) is 38.1 Å². The number of hydrogen-bond acceptors (Lipinski definition) is 18. The van der Waals surface area contributed by atoms with Gasteiger partial charge in [-0.1, -0.05) is 39.3 Å². The van der Waals surface area contributed by atoms with E-state index >= 15 is 0 Å². The van der Waals surface area contributed by atoms with Crippen molar-refractivity contribution in [2.75, 3.05) is 19.8 Å². The normalized spacial score (nSPS) is 58.1. The predicted molar refractivity (Wildman–Crippen MR) is 216 cm³/mol. The summed E-state index contributed by atoms with van der Waals surface area (Å²) in [6, 6.07) is 0. The summed E-state index contributed by atoms with van der Waals surface area (Å²) in [6.07, 6.45) is -14.4. The van der Waals surface area contributed by atoms with Crippen LogP contribution in [0.5, 0.6) is 0 Å². The molecule has 4 aliphatic carbocycles. The molecule has 63 heavy (non-hydrogen) atoms. The Hall–Kier alpha value is -0.980. The smallest absolute Gasteiger partial charge is 0.197 e. The number of fused-ring (bicyclic) bond motifs is 7. The summed E-state index contributed by atoms with van der Waals surface area (Å²) < 4.78 is 49.2. The van der Waals surface area contributed by atoms with Gasteiger partial charge < -0.3 is 89.0 Å². The molecule has 0 amide bonds. The summed E-state index contributed by atoms with van der Waals surface area (Å²) in [5.41, 5.74) is 1.28. The lowest BCUT2D eigenvalue weighted by Gasteiger charge is -2.59. The van der Waals surface area contributed by atoms with E-state index in [1.165, 1.54) is 12.5 Å². The molecule has 5 aliphatic heterocycles. The van der Waals surface area contributed by atoms with Crippen molar-refractivity contribution in [3.63, 3.8) is 0 Å². The fourth-order valence-electron chi connectivity index (χ4n) is 14.1. The molecule has 10 N–H and O–H groups in total. The van der Waals surface area contributed by atoms with Crippen LogP contribution in [0, 0.1) is 46.3 Å². The summed E-state index contributed by atoms with van der Waals surface area (Å²) in [7, 11) is 0. The van der Waals surface area contributed by atoms with Gasteiger partial charge in [0.1, 0.15) is 73.2 Å². The van der Waals surface area contributed by atoms with E-state index in [9.17, 15) is 51.1 Å². The largest absolute Gasteiger partial charge is 0.394 e. The zero-order valence-corrected chi connectivity index (χ0v) is 37.0. The van der Waals surface area contributed by atoms with E-state index in [1.54, 1.807) is 0 Å². The van der Waals surface area contributed by atoms with E-state index < -0.39 is 123 Å². The molecular weight excluding hydrogens is 828 g/mol. The first-order valence-corrected chi connectivity index (χ1v) is 23.5. The highest BCUT2D eigenvalue weighted by molar-refractivity contribution is 5.26. The monoisotopic (exact) mass is 900 g/mol. The van der Waals surface area contributed by atoms with Crippen molar-refractivity contribution in [3.05, 3.63) is 11.6 Å². The molecule has 0 aromatic heterocycles. The molecule has 360 valence electrons. The fraction of sp³-hybridized carbons (Fsp3) is 0.956. The lowest BCUT2D eigenvalue weighted by atomic mass is 9.47. The maximum atomic E-state index is 11.6. The maximum Gasteiger partial charge on any atom is 0.197 e. The number of allylic oxidation sites excluding steroid dienone is 1. The second kappa shape index (κ2) is 17.5. The minimum atomic E-state index is -1.72. The Morgan fingerprint density at radius 2 is 1.41 bits per heavy atom. The first kappa shape index (κ1) is 47.1. The van der Waals surface area contributed by atoms with Crippen LogP contribution in [0.2, 0.25) is 0 Å². The van der Waals surface area contributed by atoms with E-state index in [0.717, 1.165) is 32.1 Å². The number of rotatable bonds is 8. The van der Waals surface area contributed by atoms with Gasteiger partial charge in [-0.3, -0.25) is 0 Å². The summed E-state index contributed by atoms with van der Waals surface area (Å²) in [6.45, 7) is 10.1. The molecule has 5 heterocycles. The molecule has 0 unspecified atom stereocenters. The van der Waals surface area contributed by atoms with Crippen LogP contribution in [0.25, 0.3) is 0 Å². The first-order chi connectivity index (χ1) is 29.8. The molecule has 5 saturated heterocycles. The van der Waals surface area contributed by atoms with Crippen molar-refractivity contribution in [3.8, 4) is 0 Å². The minimum absolute atomic E-state index is 0.0433. The Kier molecular flexibility index (Phi) is 13.1. The number of aliphatic hydroxyl groups excluding tert-OH is 10. The first-order valence-electron chi connectivity index (χ1n) is 23.5. The third kappa shape index (κ3) is 7.71. The highest BCUT2D eigenvalue weighted by Gasteiger charge is 2.70. The second-order valence-corrected chi connectivity index (χ2v) is 21.2. The van der Waals surface area contributed by atoms with Crippen molar-refractivity contribution < 1.29 is 89.0 Å². The molecule has 9 aliphatic rings. The number of aliphatic hydroxyl groups is 10. The quantitative estimate of drug-likeness (QED) is 0.133. The standard InChI is InChI=1S/C45H72O18/c1-18-12-29(47)45(57-16-18)19(2)30-26(63-45)14-25-23-7-6-21-13-22(8-10-43(21,4)24(23)9-11-44(25,30)5)59-42-39(62-41-38(55)34(51)31(48)20(3)58-41)36(53)33(50)28(61-42)17-56-40-37(54)35(52)32(49)27(15-46)60-40/h6,18-20,22-42,46-55H,7-17H2,1-5H3/t18-,19+,20+,22+,23-,24+,25+,26+,27-,28-,29+,30+,31+,32-,33-,34-,35+,36+,37-,38-,39-,40-,41+,42-,43+,44+,45+/m1/s1. The Balaban J connectivity index is 0.905. The van der Waals surface area contributed by atoms with Gasteiger partial charge in [0.15, 0.2) is 24.7 Å². The minimum Gasteiger partial charge on any atom is -0.394 e. The van der Waals surface area contributed by atoms with Gasteiger partial charge in [-0.2, -0.15) is 0 Å².